The summed E-state index contributed by atoms with van der Waals surface area (Å²) in [6.45, 7) is -2.66. The highest BCUT2D eigenvalue weighted by atomic mass is 16.2. The van der Waals surface area contributed by atoms with Gasteiger partial charge in [-0.3, -0.25) is 0 Å². The Kier molecular flexibility index (Phi) is 0.722. The average Bonchev–Trinajstić information content (AvgIpc) is 1.81. The van der Waals surface area contributed by atoms with Crippen molar-refractivity contribution in [3.63, 3.8) is 0 Å². The van der Waals surface area contributed by atoms with E-state index < -0.39 is 25.7 Å². The largest absolute Gasteiger partial charge is 0.396 e. The van der Waals surface area contributed by atoms with E-state index in [0.717, 1.165) is 6.92 Å². The van der Waals surface area contributed by atoms with Crippen molar-refractivity contribution in [2.75, 3.05) is 6.56 Å². The van der Waals surface area contributed by atoms with Gasteiger partial charge in [-0.15, -0.1) is 0 Å². The molecule has 0 saturated heterocycles. The third-order valence-electron chi connectivity index (χ3n) is 0.243. The molecule has 1 nitrogen and oxygen atoms in total. The molecule has 0 unspecified atom stereocenters. The molecule has 0 atom stereocenters. The van der Waals surface area contributed by atoms with Crippen molar-refractivity contribution in [3.8, 4) is 0 Å². The molecule has 1 heteroatoms. The molecule has 38 valence electrons. The molecule has 0 aliphatic carbocycles. The second-order valence-corrected chi connectivity index (χ2v) is 0.612. The van der Waals surface area contributed by atoms with Gasteiger partial charge in [-0.2, -0.15) is 0 Å². The first kappa shape index (κ1) is 0.873. The van der Waals surface area contributed by atoms with Crippen LogP contribution in [0.2, 0.25) is 0 Å². The molecule has 0 aromatic rings. The maximum absolute atomic E-state index is 8.80. The molecular formula is C5H12O. The Labute approximate surface area is 50.2 Å². The Morgan fingerprint density at radius 2 is 2.33 bits per heavy atom. The fraction of sp³-hybridized carbons (Fsp3) is 1.00. The maximum atomic E-state index is 8.80. The van der Waals surface area contributed by atoms with Gasteiger partial charge >= 0.3 is 0 Å². The molecule has 0 saturated carbocycles. The lowest BCUT2D eigenvalue weighted by molar-refractivity contribution is 0.284. The van der Waals surface area contributed by atoms with E-state index in [1.165, 1.54) is 0 Å². The highest BCUT2D eigenvalue weighted by Gasteiger charge is 1.76. The lowest BCUT2D eigenvalue weighted by Gasteiger charge is -1.85. The first-order chi connectivity index (χ1) is 5.75. The fourth-order valence-corrected chi connectivity index (χ4v) is 0.0905. The summed E-state index contributed by atoms with van der Waals surface area (Å²) in [7, 11) is 0. The zero-order valence-electron chi connectivity index (χ0n) is 11.4. The molecule has 0 aromatic carbocycles. The smallest absolute Gasteiger partial charge is 0.0564 e. The summed E-state index contributed by atoms with van der Waals surface area (Å²) in [5, 5.41) is 8.80. The van der Waals surface area contributed by atoms with Gasteiger partial charge in [-0.05, 0) is 6.37 Å². The summed E-state index contributed by atoms with van der Waals surface area (Å²) in [4.78, 5) is 0. The highest BCUT2D eigenvalue weighted by molar-refractivity contribution is 4.30. The molecule has 0 bridgehead atoms. The second-order valence-electron chi connectivity index (χ2n) is 0.612. The zero-order chi connectivity index (χ0) is 12.0. The predicted octanol–water partition coefficient (Wildman–Crippen LogP) is 1.17. The van der Waals surface area contributed by atoms with Crippen LogP contribution in [0.5, 0.6) is 0 Å². The van der Waals surface area contributed by atoms with Gasteiger partial charge in [0.15, 0.2) is 0 Å². The van der Waals surface area contributed by atoms with Crippen LogP contribution in [0.15, 0.2) is 0 Å². The molecule has 0 aliphatic rings. The van der Waals surface area contributed by atoms with Crippen molar-refractivity contribution in [1.29, 1.82) is 0 Å². The summed E-state index contributed by atoms with van der Waals surface area (Å²) < 4.78 is 55.9. The van der Waals surface area contributed by atoms with Gasteiger partial charge in [0.05, 0.1) is 2.74 Å². The van der Waals surface area contributed by atoms with Gasteiger partial charge in [0, 0.05) is 14.8 Å². The van der Waals surface area contributed by atoms with Crippen LogP contribution in [0.25, 0.3) is 0 Å². The lowest BCUT2D eigenvalue weighted by Crippen LogP contribution is -1.78. The van der Waals surface area contributed by atoms with Crippen molar-refractivity contribution in [2.24, 2.45) is 0 Å². The Hall–Kier alpha value is -0.0400. The summed E-state index contributed by atoms with van der Waals surface area (Å²) >= 11 is 0. The molecule has 0 aromatic heterocycles. The second kappa shape index (κ2) is 4.96. The highest BCUT2D eigenvalue weighted by Crippen LogP contribution is 1.89. The monoisotopic (exact) mass is 96.1 g/mol. The van der Waals surface area contributed by atoms with Crippen LogP contribution in [-0.2, 0) is 0 Å². The quantitative estimate of drug-likeness (QED) is 0.559. The molecule has 0 spiro atoms. The topological polar surface area (TPSA) is 20.2 Å². The van der Waals surface area contributed by atoms with E-state index in [9.17, 15) is 0 Å². The molecule has 6 heavy (non-hydrogen) atoms. The Morgan fingerprint density at radius 1 is 1.67 bits per heavy atom. The molecule has 0 radical (unpaired) electrons. The summed E-state index contributed by atoms with van der Waals surface area (Å²) in [5.41, 5.74) is 0. The van der Waals surface area contributed by atoms with E-state index in [0.29, 0.717) is 0 Å². The van der Waals surface area contributed by atoms with Crippen LogP contribution in [0, 0.1) is 0 Å². The first-order valence-electron chi connectivity index (χ1n) is 5.47. The minimum absolute atomic E-state index is 0.788. The van der Waals surface area contributed by atoms with Crippen LogP contribution < -0.4 is 0 Å². The lowest BCUT2D eigenvalue weighted by atomic mass is 10.3. The summed E-state index contributed by atoms with van der Waals surface area (Å²) in [6.07, 6.45) is -9.08. The normalized spacial score (nSPS) is 38.3. The third kappa shape index (κ3) is 3.96. The first-order valence-corrected chi connectivity index (χ1v) is 1.47. The Bertz CT molecular complexity index is 187. The predicted molar refractivity (Wildman–Crippen MR) is 26.6 cm³/mol. The minimum Gasteiger partial charge on any atom is -0.396 e. The van der Waals surface area contributed by atoms with Crippen LogP contribution in [-0.4, -0.2) is 11.7 Å². The Morgan fingerprint density at radius 3 is 2.50 bits per heavy atom. The van der Waals surface area contributed by atoms with Crippen LogP contribution in [0.1, 0.15) is 37.0 Å². The average molecular weight is 96.2 g/mol. The van der Waals surface area contributed by atoms with E-state index in [1.54, 1.807) is 0 Å². The molecule has 0 heterocycles. The van der Waals surface area contributed by atoms with Crippen molar-refractivity contribution >= 4 is 0 Å². The van der Waals surface area contributed by atoms with Gasteiger partial charge in [-0.1, -0.05) is 19.7 Å². The van der Waals surface area contributed by atoms with E-state index in [1.807, 2.05) is 0 Å². The van der Waals surface area contributed by atoms with Crippen LogP contribution in [0.4, 0.5) is 0 Å². The van der Waals surface area contributed by atoms with Gasteiger partial charge < -0.3 is 5.11 Å². The van der Waals surface area contributed by atoms with Crippen molar-refractivity contribution in [2.45, 2.75) is 26.0 Å². The van der Waals surface area contributed by atoms with Gasteiger partial charge in [-0.25, -0.2) is 0 Å². The van der Waals surface area contributed by atoms with Gasteiger partial charge in [0.25, 0.3) is 0 Å². The van der Waals surface area contributed by atoms with Crippen molar-refractivity contribution in [3.05, 3.63) is 0 Å². The third-order valence-corrected chi connectivity index (χ3v) is 0.243. The molecule has 0 fully saturated rings. The fourth-order valence-electron chi connectivity index (χ4n) is 0.0905. The zero-order valence-corrected chi connectivity index (χ0v) is 3.45. The molecule has 0 rings (SSSR count). The number of aliphatic hydroxyl groups is 1. The number of rotatable bonds is 3. The van der Waals surface area contributed by atoms with Gasteiger partial charge in [0.1, 0.15) is 0 Å². The van der Waals surface area contributed by atoms with Crippen LogP contribution >= 0.6 is 0 Å². The minimum atomic E-state index is -3.44. The van der Waals surface area contributed by atoms with Crippen LogP contribution in [0.3, 0.4) is 0 Å². The number of hydrogen-bond donors (Lipinski definition) is 1. The van der Waals surface area contributed by atoms with E-state index in [-0.39, 0.29) is 0 Å². The summed E-state index contributed by atoms with van der Waals surface area (Å²) in [5.74, 6) is 0. The van der Waals surface area contributed by atoms with E-state index >= 15 is 0 Å². The van der Waals surface area contributed by atoms with Crippen molar-refractivity contribution < 1.29 is 16.1 Å². The van der Waals surface area contributed by atoms with Crippen molar-refractivity contribution in [1.82, 2.24) is 0 Å². The SMILES string of the molecule is [2H]C([2H])(C)C([2H])([2H])C([2H])([2H])C([2H])([2H])O. The molecule has 0 amide bonds. The summed E-state index contributed by atoms with van der Waals surface area (Å²) in [6, 6.07) is 0. The van der Waals surface area contributed by atoms with Gasteiger partial charge in [0.2, 0.25) is 0 Å². The number of hydrogen-bond acceptors (Lipinski definition) is 1. The van der Waals surface area contributed by atoms with E-state index in [2.05, 4.69) is 0 Å². The van der Waals surface area contributed by atoms with E-state index in [4.69, 9.17) is 16.1 Å². The maximum Gasteiger partial charge on any atom is 0.0564 e. The molecule has 1 N–H and O–H groups in total. The molecule has 0 aliphatic heterocycles. The standard InChI is InChI=1S/C5H12O/c1-2-3-4-5-6/h6H,2-5H2,1H3/i2D2,3D2,4D2,5D2. The Balaban J connectivity index is 5.30. The molecular weight excluding hydrogens is 76.1 g/mol.